The minimum absolute atomic E-state index is 0.249. The van der Waals surface area contributed by atoms with E-state index in [2.05, 4.69) is 0 Å². The largest absolute Gasteiger partial charge is 0.508 e. The first-order valence-electron chi connectivity index (χ1n) is 5.21. The lowest BCUT2D eigenvalue weighted by molar-refractivity contribution is 0.284. The molecule has 0 bridgehead atoms. The molecular formula is C12H20O2. The summed E-state index contributed by atoms with van der Waals surface area (Å²) >= 11 is 0. The normalized spacial score (nSPS) is 9.07. The lowest BCUT2D eigenvalue weighted by atomic mass is 10.1. The van der Waals surface area contributed by atoms with E-state index >= 15 is 0 Å². The average molecular weight is 196 g/mol. The van der Waals surface area contributed by atoms with E-state index in [9.17, 15) is 0 Å². The van der Waals surface area contributed by atoms with Crippen molar-refractivity contribution in [3.8, 4) is 5.75 Å². The lowest BCUT2D eigenvalue weighted by Crippen LogP contribution is -1.87. The van der Waals surface area contributed by atoms with Crippen LogP contribution in [0, 0.1) is 0 Å². The molecule has 0 aliphatic rings. The molecule has 0 amide bonds. The zero-order valence-electron chi connectivity index (χ0n) is 9.03. The number of aromatic hydroxyl groups is 1. The van der Waals surface area contributed by atoms with Gasteiger partial charge in [-0.15, -0.1) is 0 Å². The Morgan fingerprint density at radius 3 is 2.43 bits per heavy atom. The second-order valence-corrected chi connectivity index (χ2v) is 2.85. The highest BCUT2D eigenvalue weighted by Crippen LogP contribution is 2.12. The number of aliphatic hydroxyl groups is 1. The van der Waals surface area contributed by atoms with Crippen molar-refractivity contribution < 1.29 is 10.2 Å². The quantitative estimate of drug-likeness (QED) is 0.727. The Morgan fingerprint density at radius 2 is 1.86 bits per heavy atom. The van der Waals surface area contributed by atoms with Crippen molar-refractivity contribution in [2.75, 3.05) is 6.61 Å². The Bertz CT molecular complexity index is 234. The van der Waals surface area contributed by atoms with Crippen molar-refractivity contribution in [2.45, 2.75) is 33.1 Å². The molecule has 0 aliphatic carbocycles. The summed E-state index contributed by atoms with van der Waals surface area (Å²) in [7, 11) is 0. The van der Waals surface area contributed by atoms with Crippen molar-refractivity contribution in [3.05, 3.63) is 29.8 Å². The van der Waals surface area contributed by atoms with Crippen LogP contribution in [0.1, 0.15) is 32.3 Å². The molecule has 1 rings (SSSR count). The van der Waals surface area contributed by atoms with Gasteiger partial charge >= 0.3 is 0 Å². The molecule has 2 heteroatoms. The van der Waals surface area contributed by atoms with E-state index in [1.165, 1.54) is 0 Å². The summed E-state index contributed by atoms with van der Waals surface area (Å²) in [5, 5.41) is 17.7. The fourth-order valence-corrected chi connectivity index (χ4v) is 1.15. The van der Waals surface area contributed by atoms with Crippen LogP contribution in [0.2, 0.25) is 0 Å². The van der Waals surface area contributed by atoms with Crippen LogP contribution in [0.5, 0.6) is 5.75 Å². The summed E-state index contributed by atoms with van der Waals surface area (Å²) in [4.78, 5) is 0. The molecule has 14 heavy (non-hydrogen) atoms. The third kappa shape index (κ3) is 5.60. The summed E-state index contributed by atoms with van der Waals surface area (Å²) in [5.41, 5.74) is 1.13. The van der Waals surface area contributed by atoms with E-state index in [1.807, 2.05) is 26.0 Å². The lowest BCUT2D eigenvalue weighted by Gasteiger charge is -2.00. The van der Waals surface area contributed by atoms with Crippen molar-refractivity contribution >= 4 is 0 Å². The van der Waals surface area contributed by atoms with Crippen LogP contribution in [0.3, 0.4) is 0 Å². The first kappa shape index (κ1) is 13.0. The van der Waals surface area contributed by atoms with Gasteiger partial charge in [0, 0.05) is 6.61 Å². The van der Waals surface area contributed by atoms with E-state index in [0.717, 1.165) is 24.8 Å². The molecule has 80 valence electrons. The van der Waals surface area contributed by atoms with Crippen molar-refractivity contribution in [3.63, 3.8) is 0 Å². The Kier molecular flexibility index (Phi) is 7.95. The second kappa shape index (κ2) is 8.57. The maximum atomic E-state index is 9.12. The van der Waals surface area contributed by atoms with Gasteiger partial charge < -0.3 is 10.2 Å². The number of hydrogen-bond donors (Lipinski definition) is 2. The summed E-state index contributed by atoms with van der Waals surface area (Å²) in [6, 6.07) is 7.24. The first-order valence-corrected chi connectivity index (χ1v) is 5.21. The van der Waals surface area contributed by atoms with Crippen molar-refractivity contribution in [1.29, 1.82) is 0 Å². The third-order valence-corrected chi connectivity index (χ3v) is 1.78. The number of phenolic OH excluding ortho intramolecular Hbond substituents is 1. The maximum absolute atomic E-state index is 9.12. The summed E-state index contributed by atoms with van der Waals surface area (Å²) in [5.74, 6) is 0.316. The van der Waals surface area contributed by atoms with E-state index in [0.29, 0.717) is 5.75 Å². The van der Waals surface area contributed by atoms with Gasteiger partial charge in [0.1, 0.15) is 5.75 Å². The molecule has 0 saturated carbocycles. The molecule has 1 aromatic carbocycles. The third-order valence-electron chi connectivity index (χ3n) is 1.78. The average Bonchev–Trinajstić information content (AvgIpc) is 2.21. The Morgan fingerprint density at radius 1 is 1.14 bits per heavy atom. The van der Waals surface area contributed by atoms with Gasteiger partial charge in [-0.3, -0.25) is 0 Å². The van der Waals surface area contributed by atoms with Gasteiger partial charge in [0.25, 0.3) is 0 Å². The van der Waals surface area contributed by atoms with Gasteiger partial charge in [-0.25, -0.2) is 0 Å². The molecular weight excluding hydrogens is 176 g/mol. The van der Waals surface area contributed by atoms with Crippen LogP contribution < -0.4 is 0 Å². The molecule has 0 radical (unpaired) electrons. The first-order chi connectivity index (χ1) is 6.83. The summed E-state index contributed by atoms with van der Waals surface area (Å²) < 4.78 is 0. The molecule has 0 unspecified atom stereocenters. The topological polar surface area (TPSA) is 40.5 Å². The summed E-state index contributed by atoms with van der Waals surface area (Å²) in [6.45, 7) is 4.25. The van der Waals surface area contributed by atoms with Gasteiger partial charge in [-0.1, -0.05) is 26.0 Å². The molecule has 0 aliphatic heterocycles. The van der Waals surface area contributed by atoms with Gasteiger partial charge in [-0.2, -0.15) is 0 Å². The smallest absolute Gasteiger partial charge is 0.115 e. The zero-order chi connectivity index (χ0) is 10.8. The Balaban J connectivity index is 0.000000791. The molecule has 0 fully saturated rings. The minimum Gasteiger partial charge on any atom is -0.508 e. The number of rotatable bonds is 4. The minimum atomic E-state index is 0.249. The van der Waals surface area contributed by atoms with Crippen LogP contribution in [-0.2, 0) is 6.42 Å². The molecule has 2 N–H and O–H groups in total. The van der Waals surface area contributed by atoms with Crippen molar-refractivity contribution in [1.82, 2.24) is 0 Å². The van der Waals surface area contributed by atoms with E-state index in [-0.39, 0.29) is 6.61 Å². The number of aliphatic hydroxyl groups excluding tert-OH is 1. The predicted octanol–water partition coefficient (Wildman–Crippen LogP) is 2.73. The van der Waals surface area contributed by atoms with E-state index in [1.54, 1.807) is 12.1 Å². The van der Waals surface area contributed by atoms with Gasteiger partial charge in [0.05, 0.1) is 0 Å². The Labute approximate surface area is 86.2 Å². The highest BCUT2D eigenvalue weighted by Gasteiger charge is 1.93. The number of aryl methyl sites for hydroxylation is 1. The highest BCUT2D eigenvalue weighted by molar-refractivity contribution is 5.27. The van der Waals surface area contributed by atoms with Crippen LogP contribution in [0.15, 0.2) is 24.3 Å². The fourth-order valence-electron chi connectivity index (χ4n) is 1.15. The predicted molar refractivity (Wildman–Crippen MR) is 59.5 cm³/mol. The number of hydrogen-bond acceptors (Lipinski definition) is 2. The zero-order valence-corrected chi connectivity index (χ0v) is 9.03. The molecule has 1 aromatic rings. The molecule has 2 nitrogen and oxygen atoms in total. The summed E-state index contributed by atoms with van der Waals surface area (Å²) in [6.07, 6.45) is 2.73. The van der Waals surface area contributed by atoms with E-state index in [4.69, 9.17) is 10.2 Å². The van der Waals surface area contributed by atoms with Crippen LogP contribution >= 0.6 is 0 Å². The molecule has 0 spiro atoms. The molecule has 0 heterocycles. The SMILES string of the molecule is CC.OCCCCc1cccc(O)c1. The highest BCUT2D eigenvalue weighted by atomic mass is 16.3. The van der Waals surface area contributed by atoms with Crippen molar-refractivity contribution in [2.24, 2.45) is 0 Å². The van der Waals surface area contributed by atoms with Gasteiger partial charge in [0.2, 0.25) is 0 Å². The second-order valence-electron chi connectivity index (χ2n) is 2.85. The molecule has 0 saturated heterocycles. The van der Waals surface area contributed by atoms with Crippen LogP contribution in [0.25, 0.3) is 0 Å². The fraction of sp³-hybridized carbons (Fsp3) is 0.500. The number of unbranched alkanes of at least 4 members (excludes halogenated alkanes) is 1. The maximum Gasteiger partial charge on any atom is 0.115 e. The van der Waals surface area contributed by atoms with E-state index < -0.39 is 0 Å². The molecule has 0 aromatic heterocycles. The monoisotopic (exact) mass is 196 g/mol. The number of benzene rings is 1. The number of phenols is 1. The van der Waals surface area contributed by atoms with Gasteiger partial charge in [0.15, 0.2) is 0 Å². The van der Waals surface area contributed by atoms with Crippen LogP contribution in [0.4, 0.5) is 0 Å². The Hall–Kier alpha value is -1.02. The standard InChI is InChI=1S/C10H14O2.C2H6/c11-7-2-1-4-9-5-3-6-10(12)8-9;1-2/h3,5-6,8,11-12H,1-2,4,7H2;1-2H3. The molecule has 0 atom stereocenters. The van der Waals surface area contributed by atoms with Crippen LogP contribution in [-0.4, -0.2) is 16.8 Å². The van der Waals surface area contributed by atoms with Gasteiger partial charge in [-0.05, 0) is 37.0 Å².